The van der Waals surface area contributed by atoms with Gasteiger partial charge >= 0.3 is 6.18 Å². The third-order valence-corrected chi connectivity index (χ3v) is 2.52. The molecule has 18 heavy (non-hydrogen) atoms. The summed E-state index contributed by atoms with van der Waals surface area (Å²) in [6.07, 6.45) is -2.79. The first kappa shape index (κ1) is 14.1. The van der Waals surface area contributed by atoms with E-state index in [1.165, 1.54) is 6.07 Å². The van der Waals surface area contributed by atoms with Gasteiger partial charge in [0.25, 0.3) is 0 Å². The van der Waals surface area contributed by atoms with Crippen molar-refractivity contribution >= 4 is 5.69 Å². The molecule has 0 atom stereocenters. The lowest BCUT2D eigenvalue weighted by Crippen LogP contribution is -2.23. The maximum atomic E-state index is 12.5. The SMILES string of the molecule is C=CCN(CC)c1ccc(C(F)(F)F)cc1C#N. The van der Waals surface area contributed by atoms with Crippen LogP contribution in [0.2, 0.25) is 0 Å². The molecule has 0 spiro atoms. The van der Waals surface area contributed by atoms with Crippen molar-refractivity contribution in [1.82, 2.24) is 0 Å². The van der Waals surface area contributed by atoms with E-state index in [-0.39, 0.29) is 5.56 Å². The van der Waals surface area contributed by atoms with Crippen LogP contribution in [0.25, 0.3) is 0 Å². The van der Waals surface area contributed by atoms with Gasteiger partial charge in [-0.25, -0.2) is 0 Å². The van der Waals surface area contributed by atoms with Crippen LogP contribution in [-0.2, 0) is 6.18 Å². The molecule has 0 fully saturated rings. The van der Waals surface area contributed by atoms with Crippen molar-refractivity contribution in [3.63, 3.8) is 0 Å². The van der Waals surface area contributed by atoms with Crippen LogP contribution in [0.3, 0.4) is 0 Å². The molecule has 0 aliphatic heterocycles. The summed E-state index contributed by atoms with van der Waals surface area (Å²) in [6.45, 7) is 6.52. The number of alkyl halides is 3. The van der Waals surface area contributed by atoms with E-state index in [2.05, 4.69) is 6.58 Å². The molecule has 0 aliphatic carbocycles. The standard InChI is InChI=1S/C13H13F3N2/c1-3-7-18(4-2)12-6-5-11(13(14,15)16)8-10(12)9-17/h3,5-6,8H,1,4,7H2,2H3. The monoisotopic (exact) mass is 254 g/mol. The molecule has 1 aromatic rings. The Balaban J connectivity index is 3.23. The van der Waals surface area contributed by atoms with Crippen molar-refractivity contribution in [1.29, 1.82) is 5.26 Å². The highest BCUT2D eigenvalue weighted by atomic mass is 19.4. The van der Waals surface area contributed by atoms with E-state index in [0.29, 0.717) is 18.8 Å². The molecule has 2 nitrogen and oxygen atoms in total. The molecular formula is C13H13F3N2. The number of nitriles is 1. The van der Waals surface area contributed by atoms with E-state index >= 15 is 0 Å². The van der Waals surface area contributed by atoms with Gasteiger partial charge < -0.3 is 4.90 Å². The molecular weight excluding hydrogens is 241 g/mol. The molecule has 0 saturated heterocycles. The largest absolute Gasteiger partial charge is 0.416 e. The highest BCUT2D eigenvalue weighted by Gasteiger charge is 2.31. The Hall–Kier alpha value is -1.96. The van der Waals surface area contributed by atoms with Crippen molar-refractivity contribution < 1.29 is 13.2 Å². The quantitative estimate of drug-likeness (QED) is 0.768. The lowest BCUT2D eigenvalue weighted by molar-refractivity contribution is -0.137. The van der Waals surface area contributed by atoms with Gasteiger partial charge in [0.15, 0.2) is 0 Å². The van der Waals surface area contributed by atoms with Gasteiger partial charge in [-0.1, -0.05) is 6.08 Å². The second-order valence-corrected chi connectivity index (χ2v) is 3.67. The fraction of sp³-hybridized carbons (Fsp3) is 0.308. The summed E-state index contributed by atoms with van der Waals surface area (Å²) in [4.78, 5) is 1.78. The Bertz CT molecular complexity index is 472. The fourth-order valence-electron chi connectivity index (χ4n) is 1.63. The highest BCUT2D eigenvalue weighted by molar-refractivity contribution is 5.61. The van der Waals surface area contributed by atoms with Crippen molar-refractivity contribution in [3.05, 3.63) is 42.0 Å². The van der Waals surface area contributed by atoms with Crippen molar-refractivity contribution in [3.8, 4) is 6.07 Å². The number of likely N-dealkylation sites (N-methyl/N-ethyl adjacent to an activating group) is 1. The number of anilines is 1. The van der Waals surface area contributed by atoms with E-state index in [1.807, 2.05) is 6.92 Å². The molecule has 0 aliphatic rings. The number of halogens is 3. The van der Waals surface area contributed by atoms with Crippen LogP contribution >= 0.6 is 0 Å². The molecule has 96 valence electrons. The summed E-state index contributed by atoms with van der Waals surface area (Å²) >= 11 is 0. The smallest absolute Gasteiger partial charge is 0.367 e. The van der Waals surface area contributed by atoms with E-state index in [0.717, 1.165) is 12.1 Å². The summed E-state index contributed by atoms with van der Waals surface area (Å²) in [5, 5.41) is 8.95. The Kier molecular flexibility index (Phi) is 4.38. The molecule has 0 unspecified atom stereocenters. The summed E-state index contributed by atoms with van der Waals surface area (Å²) < 4.78 is 37.6. The predicted octanol–water partition coefficient (Wildman–Crippen LogP) is 3.59. The minimum Gasteiger partial charge on any atom is -0.367 e. The lowest BCUT2D eigenvalue weighted by atomic mass is 10.1. The maximum Gasteiger partial charge on any atom is 0.416 e. The van der Waals surface area contributed by atoms with E-state index < -0.39 is 11.7 Å². The first-order valence-corrected chi connectivity index (χ1v) is 5.41. The summed E-state index contributed by atoms with van der Waals surface area (Å²) in [5.41, 5.74) is -0.293. The number of hydrogen-bond acceptors (Lipinski definition) is 2. The van der Waals surface area contributed by atoms with Crippen LogP contribution in [0, 0.1) is 11.3 Å². The maximum absolute atomic E-state index is 12.5. The Morgan fingerprint density at radius 1 is 1.44 bits per heavy atom. The van der Waals surface area contributed by atoms with Gasteiger partial charge in [-0.2, -0.15) is 18.4 Å². The summed E-state index contributed by atoms with van der Waals surface area (Å²) in [7, 11) is 0. The topological polar surface area (TPSA) is 27.0 Å². The first-order chi connectivity index (χ1) is 8.43. The minimum absolute atomic E-state index is 0.0218. The normalized spacial score (nSPS) is 10.8. The molecule has 5 heteroatoms. The molecule has 0 bridgehead atoms. The Labute approximate surface area is 104 Å². The van der Waals surface area contributed by atoms with Crippen LogP contribution in [0.15, 0.2) is 30.9 Å². The zero-order valence-electron chi connectivity index (χ0n) is 9.96. The minimum atomic E-state index is -4.43. The number of nitrogens with zero attached hydrogens (tertiary/aromatic N) is 2. The molecule has 0 amide bonds. The van der Waals surface area contributed by atoms with Gasteiger partial charge in [-0.3, -0.25) is 0 Å². The van der Waals surface area contributed by atoms with Crippen LogP contribution in [0.1, 0.15) is 18.1 Å². The molecule has 0 heterocycles. The average Bonchev–Trinajstić information content (AvgIpc) is 2.34. The molecule has 0 saturated carbocycles. The highest BCUT2D eigenvalue weighted by Crippen LogP contribution is 2.32. The predicted molar refractivity (Wildman–Crippen MR) is 64.2 cm³/mol. The van der Waals surface area contributed by atoms with E-state index in [1.54, 1.807) is 17.0 Å². The van der Waals surface area contributed by atoms with Crippen LogP contribution in [-0.4, -0.2) is 13.1 Å². The van der Waals surface area contributed by atoms with Crippen molar-refractivity contribution in [2.75, 3.05) is 18.0 Å². The number of benzene rings is 1. The number of rotatable bonds is 4. The lowest BCUT2D eigenvalue weighted by Gasteiger charge is -2.23. The van der Waals surface area contributed by atoms with Crippen LogP contribution in [0.5, 0.6) is 0 Å². The van der Waals surface area contributed by atoms with Crippen LogP contribution in [0.4, 0.5) is 18.9 Å². The molecule has 0 radical (unpaired) electrons. The van der Waals surface area contributed by atoms with Crippen molar-refractivity contribution in [2.24, 2.45) is 0 Å². The zero-order valence-corrected chi connectivity index (χ0v) is 9.96. The molecule has 0 aromatic heterocycles. The molecule has 0 N–H and O–H groups in total. The first-order valence-electron chi connectivity index (χ1n) is 5.41. The third-order valence-electron chi connectivity index (χ3n) is 2.52. The molecule has 1 aromatic carbocycles. The zero-order chi connectivity index (χ0) is 13.8. The molecule has 1 rings (SSSR count). The van der Waals surface area contributed by atoms with Gasteiger partial charge in [0.05, 0.1) is 16.8 Å². The Morgan fingerprint density at radius 3 is 2.56 bits per heavy atom. The van der Waals surface area contributed by atoms with E-state index in [9.17, 15) is 13.2 Å². The van der Waals surface area contributed by atoms with Gasteiger partial charge in [-0.15, -0.1) is 6.58 Å². The van der Waals surface area contributed by atoms with Crippen LogP contribution < -0.4 is 4.90 Å². The second-order valence-electron chi connectivity index (χ2n) is 3.67. The third kappa shape index (κ3) is 3.04. The average molecular weight is 254 g/mol. The van der Waals surface area contributed by atoms with Gasteiger partial charge in [0, 0.05) is 13.1 Å². The van der Waals surface area contributed by atoms with E-state index in [4.69, 9.17) is 5.26 Å². The second kappa shape index (κ2) is 5.58. The van der Waals surface area contributed by atoms with Crippen molar-refractivity contribution in [2.45, 2.75) is 13.1 Å². The number of hydrogen-bond donors (Lipinski definition) is 0. The van der Waals surface area contributed by atoms with Gasteiger partial charge in [0.2, 0.25) is 0 Å². The van der Waals surface area contributed by atoms with Gasteiger partial charge in [-0.05, 0) is 25.1 Å². The Morgan fingerprint density at radius 2 is 2.11 bits per heavy atom. The summed E-state index contributed by atoms with van der Waals surface area (Å²) in [5.74, 6) is 0. The van der Waals surface area contributed by atoms with Gasteiger partial charge in [0.1, 0.15) is 6.07 Å². The summed E-state index contributed by atoms with van der Waals surface area (Å²) in [6, 6.07) is 5.00. The fourth-order valence-corrected chi connectivity index (χ4v) is 1.63.